The van der Waals surface area contributed by atoms with Gasteiger partial charge >= 0.3 is 13.1 Å². The van der Waals surface area contributed by atoms with Crippen molar-refractivity contribution >= 4 is 30.6 Å². The Balaban J connectivity index is 2.21. The van der Waals surface area contributed by atoms with Crippen LogP contribution in [0.25, 0.3) is 6.08 Å². The molecule has 1 saturated heterocycles. The van der Waals surface area contributed by atoms with Crippen LogP contribution in [0.5, 0.6) is 0 Å². The van der Waals surface area contributed by atoms with Gasteiger partial charge in [-0.15, -0.1) is 0 Å². The maximum absolute atomic E-state index is 11.2. The monoisotopic (exact) mass is 232 g/mol. The summed E-state index contributed by atoms with van der Waals surface area (Å²) in [5, 5.41) is 22.2. The highest BCUT2D eigenvalue weighted by Gasteiger charge is 2.22. The van der Waals surface area contributed by atoms with E-state index in [-0.39, 0.29) is 5.70 Å². The lowest BCUT2D eigenvalue weighted by Crippen LogP contribution is -2.29. The third kappa shape index (κ3) is 2.52. The van der Waals surface area contributed by atoms with E-state index in [0.29, 0.717) is 11.0 Å². The smallest absolute Gasteiger partial charge is 0.423 e. The molecule has 1 aliphatic rings. The first-order valence-corrected chi connectivity index (χ1v) is 4.86. The summed E-state index contributed by atoms with van der Waals surface area (Å²) >= 11 is 0. The molecule has 0 bridgehead atoms. The van der Waals surface area contributed by atoms with E-state index in [0.717, 1.165) is 0 Å². The second kappa shape index (κ2) is 4.40. The molecule has 2 rings (SSSR count). The average Bonchev–Trinajstić information content (AvgIpc) is 2.58. The first kappa shape index (κ1) is 11.4. The zero-order chi connectivity index (χ0) is 12.4. The van der Waals surface area contributed by atoms with Gasteiger partial charge in [-0.25, -0.2) is 4.79 Å². The minimum atomic E-state index is -1.52. The molecular weight excluding hydrogens is 223 g/mol. The summed E-state index contributed by atoms with van der Waals surface area (Å²) in [4.78, 5) is 22.1. The number of benzene rings is 1. The normalized spacial score (nSPS) is 16.9. The largest absolute Gasteiger partial charge is 0.488 e. The van der Waals surface area contributed by atoms with Crippen molar-refractivity contribution in [1.29, 1.82) is 0 Å². The minimum Gasteiger partial charge on any atom is -0.423 e. The van der Waals surface area contributed by atoms with Crippen LogP contribution < -0.4 is 16.1 Å². The predicted molar refractivity (Wildman–Crippen MR) is 60.9 cm³/mol. The third-order valence-corrected chi connectivity index (χ3v) is 2.27. The lowest BCUT2D eigenvalue weighted by atomic mass is 9.80. The molecule has 1 aromatic carbocycles. The lowest BCUT2D eigenvalue weighted by Gasteiger charge is -2.00. The van der Waals surface area contributed by atoms with Gasteiger partial charge in [0.15, 0.2) is 0 Å². The standard InChI is InChI=1S/C10H9BN2O4/c14-9-8(12-10(15)13-9)5-6-1-3-7(4-2-6)11(16)17/h1-5,16-17H,(H2,12,13,14,15)/b8-5+. The molecule has 0 atom stereocenters. The fraction of sp³-hybridized carbons (Fsp3) is 0. The molecule has 7 heteroatoms. The summed E-state index contributed by atoms with van der Waals surface area (Å²) in [6.45, 7) is 0. The maximum atomic E-state index is 11.2. The number of carbonyl (C=O) groups excluding carboxylic acids is 2. The van der Waals surface area contributed by atoms with Gasteiger partial charge in [0, 0.05) is 0 Å². The highest BCUT2D eigenvalue weighted by Crippen LogP contribution is 2.06. The van der Waals surface area contributed by atoms with Gasteiger partial charge < -0.3 is 15.4 Å². The van der Waals surface area contributed by atoms with E-state index in [1.54, 1.807) is 12.1 Å². The van der Waals surface area contributed by atoms with Crippen molar-refractivity contribution in [2.75, 3.05) is 0 Å². The lowest BCUT2D eigenvalue weighted by molar-refractivity contribution is -0.115. The van der Waals surface area contributed by atoms with Gasteiger partial charge in [-0.3, -0.25) is 10.1 Å². The summed E-state index contributed by atoms with van der Waals surface area (Å²) < 4.78 is 0. The van der Waals surface area contributed by atoms with Gasteiger partial charge in [0.05, 0.1) is 0 Å². The summed E-state index contributed by atoms with van der Waals surface area (Å²) in [5.41, 5.74) is 1.18. The van der Waals surface area contributed by atoms with Crippen LogP contribution in [0, 0.1) is 0 Å². The van der Waals surface area contributed by atoms with Crippen molar-refractivity contribution in [3.05, 3.63) is 35.5 Å². The number of carbonyl (C=O) groups is 2. The number of urea groups is 1. The highest BCUT2D eigenvalue weighted by molar-refractivity contribution is 6.58. The number of hydrogen-bond acceptors (Lipinski definition) is 4. The third-order valence-electron chi connectivity index (χ3n) is 2.27. The highest BCUT2D eigenvalue weighted by atomic mass is 16.4. The Morgan fingerprint density at radius 2 is 1.71 bits per heavy atom. The molecule has 3 amide bonds. The van der Waals surface area contributed by atoms with Gasteiger partial charge in [-0.2, -0.15) is 0 Å². The molecule has 17 heavy (non-hydrogen) atoms. The zero-order valence-electron chi connectivity index (χ0n) is 8.68. The van der Waals surface area contributed by atoms with E-state index in [9.17, 15) is 9.59 Å². The SMILES string of the molecule is O=C1NC(=O)/C(=C\c2ccc(B(O)O)cc2)N1. The second-order valence-electron chi connectivity index (χ2n) is 3.51. The fourth-order valence-electron chi connectivity index (χ4n) is 1.41. The van der Waals surface area contributed by atoms with Gasteiger partial charge in [0.25, 0.3) is 5.91 Å². The molecule has 1 aromatic rings. The fourth-order valence-corrected chi connectivity index (χ4v) is 1.41. The average molecular weight is 232 g/mol. The van der Waals surface area contributed by atoms with Crippen molar-refractivity contribution in [3.63, 3.8) is 0 Å². The summed E-state index contributed by atoms with van der Waals surface area (Å²) in [7, 11) is -1.52. The van der Waals surface area contributed by atoms with Gasteiger partial charge in [0.1, 0.15) is 5.70 Å². The van der Waals surface area contributed by atoms with Crippen LogP contribution >= 0.6 is 0 Å². The number of nitrogens with one attached hydrogen (secondary N) is 2. The summed E-state index contributed by atoms with van der Waals surface area (Å²) in [5.74, 6) is -0.485. The van der Waals surface area contributed by atoms with Crippen LogP contribution in [0.1, 0.15) is 5.56 Å². The zero-order valence-corrected chi connectivity index (χ0v) is 8.68. The van der Waals surface area contributed by atoms with E-state index in [4.69, 9.17) is 10.0 Å². The Kier molecular flexibility index (Phi) is 2.94. The van der Waals surface area contributed by atoms with Gasteiger partial charge in [0.2, 0.25) is 0 Å². The Bertz CT molecular complexity index is 496. The number of hydrogen-bond donors (Lipinski definition) is 4. The van der Waals surface area contributed by atoms with Crippen LogP contribution in [0.4, 0.5) is 4.79 Å². The summed E-state index contributed by atoms with van der Waals surface area (Å²) in [6, 6.07) is 5.71. The second-order valence-corrected chi connectivity index (χ2v) is 3.51. The van der Waals surface area contributed by atoms with Crippen molar-refractivity contribution in [2.45, 2.75) is 0 Å². The molecule has 0 saturated carbocycles. The van der Waals surface area contributed by atoms with Crippen molar-refractivity contribution in [3.8, 4) is 0 Å². The Morgan fingerprint density at radius 3 is 2.18 bits per heavy atom. The van der Waals surface area contributed by atoms with Crippen LogP contribution in [-0.2, 0) is 4.79 Å². The Labute approximate surface area is 97.1 Å². The predicted octanol–water partition coefficient (Wildman–Crippen LogP) is -1.45. The van der Waals surface area contributed by atoms with Gasteiger partial charge in [-0.05, 0) is 17.1 Å². The first-order chi connectivity index (χ1) is 8.06. The van der Waals surface area contributed by atoms with Crippen LogP contribution in [-0.4, -0.2) is 29.1 Å². The van der Waals surface area contributed by atoms with E-state index in [1.165, 1.54) is 18.2 Å². The molecule has 0 aliphatic carbocycles. The summed E-state index contributed by atoms with van der Waals surface area (Å²) in [6.07, 6.45) is 1.49. The van der Waals surface area contributed by atoms with Crippen LogP contribution in [0.2, 0.25) is 0 Å². The molecule has 1 fully saturated rings. The van der Waals surface area contributed by atoms with Crippen molar-refractivity contribution in [2.24, 2.45) is 0 Å². The molecule has 1 heterocycles. The topological polar surface area (TPSA) is 98.7 Å². The van der Waals surface area contributed by atoms with E-state index >= 15 is 0 Å². The molecular formula is C10H9BN2O4. The Hall–Kier alpha value is -2.12. The molecule has 0 unspecified atom stereocenters. The quantitative estimate of drug-likeness (QED) is 0.284. The molecule has 0 aromatic heterocycles. The van der Waals surface area contributed by atoms with E-state index < -0.39 is 19.1 Å². The maximum Gasteiger partial charge on any atom is 0.488 e. The molecule has 1 aliphatic heterocycles. The molecule has 0 spiro atoms. The molecule has 86 valence electrons. The molecule has 6 nitrogen and oxygen atoms in total. The minimum absolute atomic E-state index is 0.160. The molecule has 0 radical (unpaired) electrons. The first-order valence-electron chi connectivity index (χ1n) is 4.86. The van der Waals surface area contributed by atoms with E-state index in [2.05, 4.69) is 10.6 Å². The number of rotatable bonds is 2. The molecule has 4 N–H and O–H groups in total. The van der Waals surface area contributed by atoms with Crippen molar-refractivity contribution < 1.29 is 19.6 Å². The number of imide groups is 1. The van der Waals surface area contributed by atoms with E-state index in [1.807, 2.05) is 0 Å². The van der Waals surface area contributed by atoms with Gasteiger partial charge in [-0.1, -0.05) is 24.3 Å². The van der Waals surface area contributed by atoms with Crippen LogP contribution in [0.3, 0.4) is 0 Å². The van der Waals surface area contributed by atoms with Crippen molar-refractivity contribution in [1.82, 2.24) is 10.6 Å². The number of amides is 3. The Morgan fingerprint density at radius 1 is 1.06 bits per heavy atom. The van der Waals surface area contributed by atoms with Crippen LogP contribution in [0.15, 0.2) is 30.0 Å².